The van der Waals surface area contributed by atoms with Crippen LogP contribution < -0.4 is 16.8 Å². The van der Waals surface area contributed by atoms with Crippen LogP contribution in [-0.4, -0.2) is 37.6 Å². The van der Waals surface area contributed by atoms with E-state index in [9.17, 15) is 22.6 Å². The summed E-state index contributed by atoms with van der Waals surface area (Å²) in [5.74, 6) is -1.03. The standard InChI is InChI=1S/C19H21N3O5S/c1-19(2,8-20)9-22-12-7-13(28(25,26)27)16(21)15-14(12)17(23)10-5-3-4-6-11(10)18(15)24/h3-7,22H,8-9,20-21H2,1-2H3,(H,25,26,27). The number of carbonyl (C=O) groups is 2. The molecule has 0 amide bonds. The summed E-state index contributed by atoms with van der Waals surface area (Å²) in [6.45, 7) is 4.40. The molecule has 148 valence electrons. The van der Waals surface area contributed by atoms with Crippen molar-refractivity contribution in [2.45, 2.75) is 18.7 Å². The van der Waals surface area contributed by atoms with Crippen LogP contribution in [0.1, 0.15) is 45.7 Å². The Morgan fingerprint density at radius 1 is 1.07 bits per heavy atom. The van der Waals surface area contributed by atoms with Gasteiger partial charge >= 0.3 is 0 Å². The molecule has 2 aromatic carbocycles. The molecule has 8 nitrogen and oxygen atoms in total. The first-order valence-electron chi connectivity index (χ1n) is 8.54. The summed E-state index contributed by atoms with van der Waals surface area (Å²) in [4.78, 5) is 25.5. The van der Waals surface area contributed by atoms with Gasteiger partial charge in [-0.1, -0.05) is 38.1 Å². The van der Waals surface area contributed by atoms with E-state index in [1.54, 1.807) is 12.1 Å². The maximum Gasteiger partial charge on any atom is 0.296 e. The smallest absolute Gasteiger partial charge is 0.296 e. The van der Waals surface area contributed by atoms with Crippen molar-refractivity contribution >= 4 is 33.1 Å². The minimum Gasteiger partial charge on any atom is -0.397 e. The van der Waals surface area contributed by atoms with Crippen molar-refractivity contribution in [2.24, 2.45) is 11.1 Å². The largest absolute Gasteiger partial charge is 0.397 e. The first-order chi connectivity index (χ1) is 13.0. The van der Waals surface area contributed by atoms with Gasteiger partial charge in [0.1, 0.15) is 4.90 Å². The molecule has 0 heterocycles. The minimum atomic E-state index is -4.72. The Morgan fingerprint density at radius 2 is 1.61 bits per heavy atom. The van der Waals surface area contributed by atoms with Gasteiger partial charge in [0.2, 0.25) is 0 Å². The van der Waals surface area contributed by atoms with Gasteiger partial charge in [0.15, 0.2) is 11.6 Å². The number of fused-ring (bicyclic) bond motifs is 2. The van der Waals surface area contributed by atoms with Gasteiger partial charge in [-0.15, -0.1) is 0 Å². The van der Waals surface area contributed by atoms with Crippen molar-refractivity contribution < 1.29 is 22.6 Å². The second-order valence-electron chi connectivity index (χ2n) is 7.49. The summed E-state index contributed by atoms with van der Waals surface area (Å²) in [5, 5.41) is 3.00. The van der Waals surface area contributed by atoms with Crippen LogP contribution in [0.5, 0.6) is 0 Å². The molecule has 0 saturated heterocycles. The van der Waals surface area contributed by atoms with Gasteiger partial charge in [-0.05, 0) is 18.0 Å². The molecular weight excluding hydrogens is 382 g/mol. The van der Waals surface area contributed by atoms with E-state index < -0.39 is 32.3 Å². The van der Waals surface area contributed by atoms with E-state index in [2.05, 4.69) is 5.32 Å². The highest BCUT2D eigenvalue weighted by Crippen LogP contribution is 2.39. The van der Waals surface area contributed by atoms with Gasteiger partial charge < -0.3 is 16.8 Å². The number of anilines is 2. The van der Waals surface area contributed by atoms with Crippen molar-refractivity contribution in [1.82, 2.24) is 0 Å². The Hall–Kier alpha value is -2.75. The van der Waals surface area contributed by atoms with Gasteiger partial charge in [-0.25, -0.2) is 0 Å². The maximum absolute atomic E-state index is 13.1. The van der Waals surface area contributed by atoms with Gasteiger partial charge in [0, 0.05) is 23.4 Å². The minimum absolute atomic E-state index is 0.0126. The van der Waals surface area contributed by atoms with Crippen LogP contribution in [0.3, 0.4) is 0 Å². The third kappa shape index (κ3) is 3.28. The highest BCUT2D eigenvalue weighted by molar-refractivity contribution is 7.86. The van der Waals surface area contributed by atoms with Gasteiger partial charge in [0.05, 0.1) is 16.8 Å². The zero-order valence-electron chi connectivity index (χ0n) is 15.4. The highest BCUT2D eigenvalue weighted by Gasteiger charge is 2.36. The van der Waals surface area contributed by atoms with Crippen molar-refractivity contribution in [3.63, 3.8) is 0 Å². The lowest BCUT2D eigenvalue weighted by molar-refractivity contribution is 0.0980. The molecule has 9 heteroatoms. The normalized spacial score (nSPS) is 13.9. The number of carbonyl (C=O) groups excluding carboxylic acids is 2. The fraction of sp³-hybridized carbons (Fsp3) is 0.263. The first kappa shape index (κ1) is 20.0. The van der Waals surface area contributed by atoms with Crippen molar-refractivity contribution in [3.8, 4) is 0 Å². The zero-order chi connectivity index (χ0) is 20.9. The number of hydrogen-bond acceptors (Lipinski definition) is 7. The van der Waals surface area contributed by atoms with Crippen molar-refractivity contribution in [2.75, 3.05) is 24.1 Å². The van der Waals surface area contributed by atoms with Gasteiger partial charge in [-0.2, -0.15) is 8.42 Å². The monoisotopic (exact) mass is 403 g/mol. The van der Waals surface area contributed by atoms with E-state index in [4.69, 9.17) is 11.5 Å². The molecule has 0 unspecified atom stereocenters. The predicted octanol–water partition coefficient (Wildman–Crippen LogP) is 1.69. The number of ketones is 2. The second kappa shape index (κ2) is 6.69. The molecule has 2 aromatic rings. The topological polar surface area (TPSA) is 153 Å². The van der Waals surface area contributed by atoms with E-state index in [-0.39, 0.29) is 33.4 Å². The molecule has 0 bridgehead atoms. The van der Waals surface area contributed by atoms with E-state index in [0.29, 0.717) is 13.1 Å². The molecule has 0 aliphatic heterocycles. The third-order valence-corrected chi connectivity index (χ3v) is 5.68. The number of rotatable bonds is 5. The Labute approximate surface area is 162 Å². The molecule has 3 rings (SSSR count). The number of nitrogens with one attached hydrogen (secondary N) is 1. The molecule has 0 aromatic heterocycles. The van der Waals surface area contributed by atoms with Crippen LogP contribution in [-0.2, 0) is 10.1 Å². The molecule has 0 fully saturated rings. The molecular formula is C19H21N3O5S. The summed E-state index contributed by atoms with van der Waals surface area (Å²) < 4.78 is 33.2. The van der Waals surface area contributed by atoms with Crippen LogP contribution in [0.4, 0.5) is 11.4 Å². The summed E-state index contributed by atoms with van der Waals surface area (Å²) in [6, 6.07) is 7.31. The SMILES string of the molecule is CC(C)(CN)CNc1cc(S(=O)(=O)O)c(N)c2c1C(=O)c1ccccc1C2=O. The Kier molecular flexibility index (Phi) is 4.78. The molecule has 28 heavy (non-hydrogen) atoms. The second-order valence-corrected chi connectivity index (χ2v) is 8.88. The lowest BCUT2D eigenvalue weighted by Crippen LogP contribution is -2.32. The lowest BCUT2D eigenvalue weighted by atomic mass is 9.82. The summed E-state index contributed by atoms with van der Waals surface area (Å²) in [5.41, 5.74) is 11.0. The molecule has 0 atom stereocenters. The zero-order valence-corrected chi connectivity index (χ0v) is 16.3. The highest BCUT2D eigenvalue weighted by atomic mass is 32.2. The number of nitrogen functional groups attached to an aromatic ring is 1. The fourth-order valence-corrected chi connectivity index (χ4v) is 3.70. The summed E-state index contributed by atoms with van der Waals surface area (Å²) in [6.07, 6.45) is 0. The third-order valence-electron chi connectivity index (χ3n) is 4.79. The number of benzene rings is 2. The Balaban J connectivity index is 2.29. The molecule has 0 spiro atoms. The van der Waals surface area contributed by atoms with Crippen molar-refractivity contribution in [1.29, 1.82) is 0 Å². The van der Waals surface area contributed by atoms with E-state index >= 15 is 0 Å². The maximum atomic E-state index is 13.1. The average molecular weight is 403 g/mol. The Morgan fingerprint density at radius 3 is 2.11 bits per heavy atom. The first-order valence-corrected chi connectivity index (χ1v) is 9.98. The van der Waals surface area contributed by atoms with E-state index in [0.717, 1.165) is 6.07 Å². The average Bonchev–Trinajstić information content (AvgIpc) is 2.63. The molecule has 6 N–H and O–H groups in total. The van der Waals surface area contributed by atoms with E-state index in [1.165, 1.54) is 12.1 Å². The predicted molar refractivity (Wildman–Crippen MR) is 105 cm³/mol. The van der Waals surface area contributed by atoms with Crippen LogP contribution in [0.15, 0.2) is 35.2 Å². The molecule has 0 radical (unpaired) electrons. The van der Waals surface area contributed by atoms with Gasteiger partial charge in [-0.3, -0.25) is 14.1 Å². The van der Waals surface area contributed by atoms with Crippen LogP contribution >= 0.6 is 0 Å². The molecule has 1 aliphatic carbocycles. The Bertz CT molecular complexity index is 1110. The number of nitrogens with two attached hydrogens (primary N) is 2. The van der Waals surface area contributed by atoms with Crippen LogP contribution in [0.25, 0.3) is 0 Å². The van der Waals surface area contributed by atoms with E-state index in [1.807, 2.05) is 13.8 Å². The van der Waals surface area contributed by atoms with Crippen LogP contribution in [0.2, 0.25) is 0 Å². The summed E-state index contributed by atoms with van der Waals surface area (Å²) >= 11 is 0. The van der Waals surface area contributed by atoms with Crippen LogP contribution in [0, 0.1) is 5.41 Å². The summed E-state index contributed by atoms with van der Waals surface area (Å²) in [7, 11) is -4.72. The van der Waals surface area contributed by atoms with Gasteiger partial charge in [0.25, 0.3) is 10.1 Å². The van der Waals surface area contributed by atoms with Crippen molar-refractivity contribution in [3.05, 3.63) is 52.6 Å². The molecule has 0 saturated carbocycles. The lowest BCUT2D eigenvalue weighted by Gasteiger charge is -2.27. The quantitative estimate of drug-likeness (QED) is 0.371. The number of hydrogen-bond donors (Lipinski definition) is 4. The molecule has 1 aliphatic rings. The fourth-order valence-electron chi connectivity index (χ4n) is 3.05.